The number of ether oxygens (including phenoxy) is 4. The Bertz CT molecular complexity index is 2370. The van der Waals surface area contributed by atoms with Gasteiger partial charge >= 0.3 is 12.2 Å². The molecule has 0 N–H and O–H groups in total. The molecule has 0 unspecified atom stereocenters. The molecule has 0 radical (unpaired) electrons. The summed E-state index contributed by atoms with van der Waals surface area (Å²) in [4.78, 5) is 47.6. The summed E-state index contributed by atoms with van der Waals surface area (Å²) in [5.74, 6) is -3.87. The van der Waals surface area contributed by atoms with Crippen molar-refractivity contribution in [2.24, 2.45) is 11.8 Å². The summed E-state index contributed by atoms with van der Waals surface area (Å²) < 4.78 is 145. The highest BCUT2D eigenvalue weighted by Gasteiger charge is 2.44. The van der Waals surface area contributed by atoms with Crippen LogP contribution in [0.4, 0.5) is 63.7 Å². The van der Waals surface area contributed by atoms with Crippen LogP contribution in [0, 0.1) is 49.0 Å². The molecule has 398 valence electrons. The maximum absolute atomic E-state index is 14.7. The third-order valence-electron chi connectivity index (χ3n) is 12.4. The maximum atomic E-state index is 14.7. The van der Waals surface area contributed by atoms with E-state index >= 15 is 0 Å². The summed E-state index contributed by atoms with van der Waals surface area (Å²) in [6.07, 6.45) is 5.81. The molecule has 0 spiro atoms. The number of Topliss-reactive ketones (excluding diaryl/α,β-unsaturated/α-hetero) is 1. The molecule has 2 aliphatic carbocycles. The number of aryl methyl sites for hydroxylation is 2. The van der Waals surface area contributed by atoms with Crippen LogP contribution in [0.5, 0.6) is 11.5 Å². The molecule has 2 saturated heterocycles. The molecule has 24 heteroatoms. The van der Waals surface area contributed by atoms with Gasteiger partial charge in [-0.3, -0.25) is 4.79 Å². The number of carbonyl (C=O) groups excluding carboxylic acids is 3. The van der Waals surface area contributed by atoms with E-state index in [0.717, 1.165) is 25.7 Å². The first-order valence-corrected chi connectivity index (χ1v) is 22.7. The Morgan fingerprint density at radius 3 is 1.22 bits per heavy atom. The fraction of sp³-hybridized carbons (Fsp3) is 0.479. The van der Waals surface area contributed by atoms with Crippen molar-refractivity contribution in [1.82, 2.24) is 19.8 Å². The first-order chi connectivity index (χ1) is 34.4. The lowest BCUT2D eigenvalue weighted by atomic mass is 9.98. The van der Waals surface area contributed by atoms with Crippen LogP contribution in [0.15, 0.2) is 48.5 Å². The van der Waals surface area contributed by atoms with Crippen LogP contribution >= 0.6 is 11.6 Å². The van der Waals surface area contributed by atoms with E-state index in [1.165, 1.54) is 37.3 Å². The molecular weight excluding hydrogens is 1010 g/mol. The van der Waals surface area contributed by atoms with Gasteiger partial charge in [0.25, 0.3) is 0 Å². The van der Waals surface area contributed by atoms with Gasteiger partial charge < -0.3 is 28.7 Å². The minimum absolute atomic E-state index is 0.0922. The SMILES string of the molecule is CC(=O)c1ccc(-c2cc(F)c(OCC3CCN(C(=O)OC4(C)CC4)CC3)c(F)c2)c(C)n1.Cc1nc(Cl)ccc1-c1cc(F)c(OCC2CCN(C(=O)OC3(C)CC3)CC2)c(F)c1.FF.FF.FF.FF. The summed E-state index contributed by atoms with van der Waals surface area (Å²) in [6, 6.07) is 11.4. The fourth-order valence-corrected chi connectivity index (χ4v) is 7.87. The lowest BCUT2D eigenvalue weighted by Crippen LogP contribution is -2.41. The number of hydrogen-bond acceptors (Lipinski definition) is 9. The highest BCUT2D eigenvalue weighted by molar-refractivity contribution is 6.29. The Morgan fingerprint density at radius 1 is 0.583 bits per heavy atom. The Labute approximate surface area is 412 Å². The highest BCUT2D eigenvalue weighted by Crippen LogP contribution is 2.41. The molecule has 72 heavy (non-hydrogen) atoms. The number of piperidine rings is 2. The molecule has 2 aliphatic heterocycles. The van der Waals surface area contributed by atoms with Crippen LogP contribution in [0.1, 0.15) is 94.0 Å². The largest absolute Gasteiger partial charge is 0.487 e. The van der Waals surface area contributed by atoms with Crippen LogP contribution in [-0.2, 0) is 9.47 Å². The van der Waals surface area contributed by atoms with Crippen molar-refractivity contribution in [2.45, 2.75) is 97.2 Å². The van der Waals surface area contributed by atoms with Gasteiger partial charge in [-0.2, -0.15) is 0 Å². The first-order valence-electron chi connectivity index (χ1n) is 22.3. The smallest absolute Gasteiger partial charge is 0.410 e. The molecule has 4 aliphatic rings. The molecule has 2 saturated carbocycles. The summed E-state index contributed by atoms with van der Waals surface area (Å²) in [6.45, 7) is 11.2. The maximum Gasteiger partial charge on any atom is 0.410 e. The number of amides is 2. The zero-order chi connectivity index (χ0) is 53.9. The first kappa shape index (κ1) is 60.3. The van der Waals surface area contributed by atoms with Crippen LogP contribution < -0.4 is 9.47 Å². The van der Waals surface area contributed by atoms with Gasteiger partial charge in [0.15, 0.2) is 40.6 Å². The predicted molar refractivity (Wildman–Crippen MR) is 240 cm³/mol. The molecular formula is C48H53ClF12N4O7. The molecule has 0 bridgehead atoms. The lowest BCUT2D eigenvalue weighted by Gasteiger charge is -2.32. The zero-order valence-corrected chi connectivity index (χ0v) is 40.5. The van der Waals surface area contributed by atoms with E-state index in [2.05, 4.69) is 9.97 Å². The van der Waals surface area contributed by atoms with Crippen LogP contribution in [0.25, 0.3) is 22.3 Å². The average Bonchev–Trinajstić information content (AvgIpc) is 4.30. The van der Waals surface area contributed by atoms with Gasteiger partial charge in [0.05, 0.1) is 13.2 Å². The van der Waals surface area contributed by atoms with Gasteiger partial charge in [0.2, 0.25) is 0 Å². The number of rotatable bonds is 11. The van der Waals surface area contributed by atoms with E-state index in [9.17, 15) is 31.9 Å². The summed E-state index contributed by atoms with van der Waals surface area (Å²) in [5, 5.41) is 0.322. The van der Waals surface area contributed by atoms with E-state index in [-0.39, 0.29) is 60.0 Å². The van der Waals surface area contributed by atoms with Crippen molar-refractivity contribution < 1.29 is 87.5 Å². The Morgan fingerprint density at radius 2 is 0.917 bits per heavy atom. The highest BCUT2D eigenvalue weighted by atomic mass is 35.5. The molecule has 11 nitrogen and oxygen atoms in total. The number of ketones is 1. The third-order valence-corrected chi connectivity index (χ3v) is 12.6. The Kier molecular flexibility index (Phi) is 23.7. The van der Waals surface area contributed by atoms with Gasteiger partial charge in [0.1, 0.15) is 22.0 Å². The van der Waals surface area contributed by atoms with E-state index in [1.54, 1.807) is 41.8 Å². The van der Waals surface area contributed by atoms with Gasteiger partial charge in [-0.05, 0) is 144 Å². The van der Waals surface area contributed by atoms with Crippen molar-refractivity contribution in [3.63, 3.8) is 0 Å². The molecule has 2 aromatic heterocycles. The molecule has 2 aromatic carbocycles. The minimum Gasteiger partial charge on any atom is -0.487 e. The lowest BCUT2D eigenvalue weighted by molar-refractivity contribution is 0.0445. The van der Waals surface area contributed by atoms with Crippen LogP contribution in [0.3, 0.4) is 0 Å². The Hall–Kier alpha value is -6.00. The number of hydrogen-bond donors (Lipinski definition) is 0. The van der Waals surface area contributed by atoms with Gasteiger partial charge in [-0.25, -0.2) is 37.1 Å². The van der Waals surface area contributed by atoms with E-state index < -0.39 is 29.0 Å². The topological polar surface area (TPSA) is 120 Å². The van der Waals surface area contributed by atoms with Crippen molar-refractivity contribution in [3.05, 3.63) is 94.0 Å². The number of carbonyl (C=O) groups is 3. The number of aromatic nitrogens is 2. The summed E-state index contributed by atoms with van der Waals surface area (Å²) in [7, 11) is 0. The number of likely N-dealkylation sites (tertiary alicyclic amines) is 2. The number of nitrogens with zero attached hydrogens (tertiary/aromatic N) is 4. The summed E-state index contributed by atoms with van der Waals surface area (Å²) >= 11 is 5.86. The second-order valence-electron chi connectivity index (χ2n) is 17.8. The second-order valence-corrected chi connectivity index (χ2v) is 18.2. The molecule has 4 aromatic rings. The van der Waals surface area contributed by atoms with Gasteiger partial charge in [-0.1, -0.05) is 17.7 Å². The minimum atomic E-state index is -0.793. The van der Waals surface area contributed by atoms with Gasteiger partial charge in [-0.15, -0.1) is 0 Å². The molecule has 0 atom stereocenters. The monoisotopic (exact) mass is 1060 g/mol. The van der Waals surface area contributed by atoms with Gasteiger partial charge in [0, 0.05) is 92.2 Å². The van der Waals surface area contributed by atoms with Crippen LogP contribution in [-0.4, -0.2) is 88.3 Å². The van der Waals surface area contributed by atoms with E-state index in [4.69, 9.17) is 67.1 Å². The number of halogens is 13. The third kappa shape index (κ3) is 17.1. The molecule has 2 amide bonds. The standard InChI is InChI=1S/C25H28F2N2O4.C23H25ClF2N2O3.4F2/c1-15-19(4-5-22(28-15)16(2)30)18-12-20(26)23(21(27)13-18)32-14-17-6-10-29(11-7-17)24(31)33-25(3)8-9-25;1-14-17(3-4-20(24)27-14)16-11-18(25)21(19(26)12-16)30-13-15-5-9-28(10-6-15)22(29)31-23(2)7-8-23;4*1-2/h4-5,12-13,17H,6-11,14H2,1-3H3;3-4,11-12,15H,5-10,13H2,1-2H3;;;;. The molecule has 4 heterocycles. The quantitative estimate of drug-likeness (QED) is 0.0821. The predicted octanol–water partition coefficient (Wildman–Crippen LogP) is 14.4. The normalized spacial score (nSPS) is 16.1. The molecule has 4 fully saturated rings. The average molecular weight is 1060 g/mol. The molecule has 8 rings (SSSR count). The van der Waals surface area contributed by atoms with Crippen LogP contribution in [0.2, 0.25) is 5.15 Å². The van der Waals surface area contributed by atoms with E-state index in [0.29, 0.717) is 96.4 Å². The number of pyridine rings is 2. The zero-order valence-electron chi connectivity index (χ0n) is 39.7. The Balaban J connectivity index is 0.000000335. The van der Waals surface area contributed by atoms with Crippen molar-refractivity contribution in [1.29, 1.82) is 0 Å². The second kappa shape index (κ2) is 28.3. The van der Waals surface area contributed by atoms with E-state index in [1.807, 2.05) is 13.8 Å². The summed E-state index contributed by atoms with van der Waals surface area (Å²) in [5.41, 5.74) is 2.65. The number of benzene rings is 2. The van der Waals surface area contributed by atoms with Crippen molar-refractivity contribution in [2.75, 3.05) is 39.4 Å². The van der Waals surface area contributed by atoms with Crippen molar-refractivity contribution in [3.8, 4) is 33.8 Å². The fourth-order valence-electron chi connectivity index (χ4n) is 7.68. The van der Waals surface area contributed by atoms with Crippen molar-refractivity contribution >= 4 is 29.6 Å².